The van der Waals surface area contributed by atoms with Gasteiger partial charge in [-0.3, -0.25) is 0 Å². The van der Waals surface area contributed by atoms with Crippen LogP contribution in [0.1, 0.15) is 20.3 Å². The molecule has 3 heteroatoms. The highest BCUT2D eigenvalue weighted by molar-refractivity contribution is 9.10. The van der Waals surface area contributed by atoms with Crippen LogP contribution in [0.25, 0.3) is 0 Å². The standard InChI is InChI=1S/C12H18BrNO/c1-12(2,14-3)7-8-15-11-6-4-5-10(13)9-11/h4-6,9,14H,7-8H2,1-3H3. The lowest BCUT2D eigenvalue weighted by molar-refractivity contribution is 0.256. The molecule has 0 amide bonds. The van der Waals surface area contributed by atoms with Gasteiger partial charge in [-0.25, -0.2) is 0 Å². The lowest BCUT2D eigenvalue weighted by Crippen LogP contribution is -2.37. The van der Waals surface area contributed by atoms with Crippen molar-refractivity contribution in [3.05, 3.63) is 28.7 Å². The molecule has 1 aromatic carbocycles. The fourth-order valence-corrected chi connectivity index (χ4v) is 1.48. The maximum atomic E-state index is 5.65. The van der Waals surface area contributed by atoms with Crippen LogP contribution >= 0.6 is 15.9 Å². The molecule has 0 spiro atoms. The molecule has 0 radical (unpaired) electrons. The molecule has 1 rings (SSSR count). The van der Waals surface area contributed by atoms with Crippen LogP contribution in [0, 0.1) is 0 Å². The minimum atomic E-state index is 0.131. The lowest BCUT2D eigenvalue weighted by atomic mass is 10.0. The highest BCUT2D eigenvalue weighted by atomic mass is 79.9. The number of ether oxygens (including phenoxy) is 1. The van der Waals surface area contributed by atoms with Crippen molar-refractivity contribution >= 4 is 15.9 Å². The molecule has 84 valence electrons. The molecular weight excluding hydrogens is 254 g/mol. The van der Waals surface area contributed by atoms with E-state index in [2.05, 4.69) is 35.1 Å². The summed E-state index contributed by atoms with van der Waals surface area (Å²) < 4.78 is 6.70. The highest BCUT2D eigenvalue weighted by Gasteiger charge is 2.13. The van der Waals surface area contributed by atoms with Gasteiger partial charge in [-0.2, -0.15) is 0 Å². The minimum Gasteiger partial charge on any atom is -0.493 e. The van der Waals surface area contributed by atoms with Gasteiger partial charge in [0.1, 0.15) is 5.75 Å². The van der Waals surface area contributed by atoms with Crippen molar-refractivity contribution in [2.24, 2.45) is 0 Å². The SMILES string of the molecule is CNC(C)(C)CCOc1cccc(Br)c1. The van der Waals surface area contributed by atoms with Crippen molar-refractivity contribution < 1.29 is 4.74 Å². The largest absolute Gasteiger partial charge is 0.493 e. The Morgan fingerprint density at radius 3 is 2.73 bits per heavy atom. The first kappa shape index (κ1) is 12.5. The third-order valence-corrected chi connectivity index (χ3v) is 2.96. The average Bonchev–Trinajstić information content (AvgIpc) is 2.18. The van der Waals surface area contributed by atoms with Crippen LogP contribution in [0.3, 0.4) is 0 Å². The predicted octanol–water partition coefficient (Wildman–Crippen LogP) is 3.22. The molecule has 0 saturated carbocycles. The Balaban J connectivity index is 2.38. The number of nitrogens with one attached hydrogen (secondary N) is 1. The third kappa shape index (κ3) is 4.67. The summed E-state index contributed by atoms with van der Waals surface area (Å²) in [6.45, 7) is 5.05. The Labute approximate surface area is 100 Å². The Hall–Kier alpha value is -0.540. The second-order valence-corrected chi connectivity index (χ2v) is 5.11. The minimum absolute atomic E-state index is 0.131. The van der Waals surface area contributed by atoms with Gasteiger partial charge in [0.15, 0.2) is 0 Å². The van der Waals surface area contributed by atoms with Gasteiger partial charge in [0.05, 0.1) is 6.61 Å². The number of halogens is 1. The zero-order valence-corrected chi connectivity index (χ0v) is 11.1. The summed E-state index contributed by atoms with van der Waals surface area (Å²) in [5, 5.41) is 3.25. The van der Waals surface area contributed by atoms with Crippen LogP contribution in [0.2, 0.25) is 0 Å². The zero-order chi connectivity index (χ0) is 11.3. The Bertz CT molecular complexity index is 312. The molecule has 15 heavy (non-hydrogen) atoms. The number of hydrogen-bond acceptors (Lipinski definition) is 2. The van der Waals surface area contributed by atoms with Crippen LogP contribution in [-0.2, 0) is 0 Å². The second-order valence-electron chi connectivity index (χ2n) is 4.19. The van der Waals surface area contributed by atoms with Gasteiger partial charge in [-0.05, 0) is 45.5 Å². The maximum absolute atomic E-state index is 5.65. The van der Waals surface area contributed by atoms with Gasteiger partial charge < -0.3 is 10.1 Å². The van der Waals surface area contributed by atoms with Crippen molar-refractivity contribution in [3.8, 4) is 5.75 Å². The van der Waals surface area contributed by atoms with Crippen LogP contribution in [0.4, 0.5) is 0 Å². The summed E-state index contributed by atoms with van der Waals surface area (Å²) >= 11 is 3.41. The molecule has 0 atom stereocenters. The van der Waals surface area contributed by atoms with Gasteiger partial charge in [-0.1, -0.05) is 22.0 Å². The maximum Gasteiger partial charge on any atom is 0.120 e. The molecular formula is C12H18BrNO. The monoisotopic (exact) mass is 271 g/mol. The topological polar surface area (TPSA) is 21.3 Å². The summed E-state index contributed by atoms with van der Waals surface area (Å²) in [4.78, 5) is 0. The van der Waals surface area contributed by atoms with Crippen LogP contribution in [0.15, 0.2) is 28.7 Å². The van der Waals surface area contributed by atoms with Crippen LogP contribution in [0.5, 0.6) is 5.75 Å². The molecule has 0 aliphatic carbocycles. The summed E-state index contributed by atoms with van der Waals surface area (Å²) in [5.41, 5.74) is 0.131. The molecule has 0 aromatic heterocycles. The van der Waals surface area contributed by atoms with Crippen molar-refractivity contribution in [2.75, 3.05) is 13.7 Å². The lowest BCUT2D eigenvalue weighted by Gasteiger charge is -2.23. The predicted molar refractivity (Wildman–Crippen MR) is 67.4 cm³/mol. The summed E-state index contributed by atoms with van der Waals surface area (Å²) in [5.74, 6) is 0.913. The first-order chi connectivity index (χ1) is 7.03. The molecule has 0 unspecified atom stereocenters. The molecule has 1 aromatic rings. The normalized spacial score (nSPS) is 11.5. The Kier molecular flexibility index (Phi) is 4.61. The van der Waals surface area contributed by atoms with E-state index in [4.69, 9.17) is 4.74 Å². The van der Waals surface area contributed by atoms with E-state index in [1.165, 1.54) is 0 Å². The molecule has 0 saturated heterocycles. The molecule has 0 aliphatic heterocycles. The Morgan fingerprint density at radius 1 is 1.40 bits per heavy atom. The van der Waals surface area contributed by atoms with E-state index in [-0.39, 0.29) is 5.54 Å². The van der Waals surface area contributed by atoms with Gasteiger partial charge in [-0.15, -0.1) is 0 Å². The van der Waals surface area contributed by atoms with E-state index in [0.717, 1.165) is 23.2 Å². The van der Waals surface area contributed by atoms with E-state index < -0.39 is 0 Å². The number of hydrogen-bond donors (Lipinski definition) is 1. The summed E-state index contributed by atoms with van der Waals surface area (Å²) in [6, 6.07) is 7.91. The van der Waals surface area contributed by atoms with Gasteiger partial charge >= 0.3 is 0 Å². The van der Waals surface area contributed by atoms with Crippen LogP contribution in [-0.4, -0.2) is 19.2 Å². The first-order valence-electron chi connectivity index (χ1n) is 5.11. The van der Waals surface area contributed by atoms with Crippen molar-refractivity contribution in [2.45, 2.75) is 25.8 Å². The fraction of sp³-hybridized carbons (Fsp3) is 0.500. The average molecular weight is 272 g/mol. The Morgan fingerprint density at radius 2 is 2.13 bits per heavy atom. The molecule has 0 fully saturated rings. The fourth-order valence-electron chi connectivity index (χ4n) is 1.11. The third-order valence-electron chi connectivity index (χ3n) is 2.47. The summed E-state index contributed by atoms with van der Waals surface area (Å²) in [7, 11) is 1.97. The van der Waals surface area contributed by atoms with Crippen molar-refractivity contribution in [1.29, 1.82) is 0 Å². The van der Waals surface area contributed by atoms with Gasteiger partial charge in [0, 0.05) is 10.0 Å². The second kappa shape index (κ2) is 5.52. The number of benzene rings is 1. The van der Waals surface area contributed by atoms with Crippen LogP contribution < -0.4 is 10.1 Å². The zero-order valence-electron chi connectivity index (χ0n) is 9.51. The molecule has 0 aliphatic rings. The number of rotatable bonds is 5. The van der Waals surface area contributed by atoms with Crippen molar-refractivity contribution in [3.63, 3.8) is 0 Å². The molecule has 2 nitrogen and oxygen atoms in total. The van der Waals surface area contributed by atoms with E-state index >= 15 is 0 Å². The highest BCUT2D eigenvalue weighted by Crippen LogP contribution is 2.18. The smallest absolute Gasteiger partial charge is 0.120 e. The first-order valence-corrected chi connectivity index (χ1v) is 5.90. The molecule has 0 bridgehead atoms. The van der Waals surface area contributed by atoms with E-state index in [9.17, 15) is 0 Å². The summed E-state index contributed by atoms with van der Waals surface area (Å²) in [6.07, 6.45) is 0.982. The van der Waals surface area contributed by atoms with Crippen molar-refractivity contribution in [1.82, 2.24) is 5.32 Å². The van der Waals surface area contributed by atoms with Gasteiger partial charge in [0.25, 0.3) is 0 Å². The van der Waals surface area contributed by atoms with E-state index in [1.807, 2.05) is 31.3 Å². The van der Waals surface area contributed by atoms with E-state index in [1.54, 1.807) is 0 Å². The van der Waals surface area contributed by atoms with E-state index in [0.29, 0.717) is 0 Å². The quantitative estimate of drug-likeness (QED) is 0.888. The van der Waals surface area contributed by atoms with Gasteiger partial charge in [0.2, 0.25) is 0 Å². The molecule has 0 heterocycles. The molecule has 1 N–H and O–H groups in total.